The highest BCUT2D eigenvalue weighted by atomic mass is 32.1. The molecule has 2 heterocycles. The van der Waals surface area contributed by atoms with Gasteiger partial charge in [-0.05, 0) is 28.8 Å². The lowest BCUT2D eigenvalue weighted by Gasteiger charge is -1.99. The van der Waals surface area contributed by atoms with Crippen molar-refractivity contribution in [3.8, 4) is 10.6 Å². The molecule has 0 unspecified atom stereocenters. The van der Waals surface area contributed by atoms with Gasteiger partial charge in [0, 0.05) is 0 Å². The van der Waals surface area contributed by atoms with E-state index < -0.39 is 0 Å². The number of nitrogens with two attached hydrogens (primary N) is 1. The predicted molar refractivity (Wildman–Crippen MR) is 57.4 cm³/mol. The lowest BCUT2D eigenvalue weighted by molar-refractivity contribution is 1.32. The molecule has 2 rings (SSSR count). The SMILES string of the molecule is Nc1nc(-c2cccs2)ccc1N=O. The Bertz CT molecular complexity index is 453. The van der Waals surface area contributed by atoms with E-state index in [-0.39, 0.29) is 11.5 Å². The molecule has 0 saturated heterocycles. The molecule has 0 atom stereocenters. The summed E-state index contributed by atoms with van der Waals surface area (Å²) in [5.41, 5.74) is 6.49. The Morgan fingerprint density at radius 2 is 2.21 bits per heavy atom. The van der Waals surface area contributed by atoms with E-state index in [9.17, 15) is 4.91 Å². The molecule has 0 aliphatic rings. The van der Waals surface area contributed by atoms with Gasteiger partial charge in [-0.15, -0.1) is 16.2 Å². The summed E-state index contributed by atoms with van der Waals surface area (Å²) in [6, 6.07) is 7.19. The van der Waals surface area contributed by atoms with Crippen LogP contribution in [0.4, 0.5) is 11.5 Å². The first-order valence-corrected chi connectivity index (χ1v) is 4.83. The molecule has 0 aromatic carbocycles. The van der Waals surface area contributed by atoms with E-state index in [1.54, 1.807) is 23.5 Å². The standard InChI is InChI=1S/C9H7N3OS/c10-9-7(12-13)4-3-6(11-9)8-2-1-5-14-8/h1-5H,(H2,10,11). The number of rotatable bonds is 2. The Kier molecular flexibility index (Phi) is 2.24. The van der Waals surface area contributed by atoms with Gasteiger partial charge in [0.25, 0.3) is 0 Å². The van der Waals surface area contributed by atoms with Crippen LogP contribution in [-0.4, -0.2) is 4.98 Å². The fraction of sp³-hybridized carbons (Fsp3) is 0. The Balaban J connectivity index is 2.48. The number of anilines is 1. The molecule has 0 bridgehead atoms. The van der Waals surface area contributed by atoms with E-state index in [1.807, 2.05) is 17.5 Å². The summed E-state index contributed by atoms with van der Waals surface area (Å²) >= 11 is 1.57. The molecule has 2 aromatic rings. The first-order chi connectivity index (χ1) is 6.81. The third-order valence-corrected chi connectivity index (χ3v) is 2.67. The number of pyridine rings is 1. The van der Waals surface area contributed by atoms with Gasteiger partial charge >= 0.3 is 0 Å². The molecule has 4 nitrogen and oxygen atoms in total. The lowest BCUT2D eigenvalue weighted by Crippen LogP contribution is -1.91. The molecule has 2 aromatic heterocycles. The molecule has 0 spiro atoms. The number of thiophene rings is 1. The smallest absolute Gasteiger partial charge is 0.153 e. The van der Waals surface area contributed by atoms with Crippen molar-refractivity contribution in [2.45, 2.75) is 0 Å². The van der Waals surface area contributed by atoms with E-state index in [0.29, 0.717) is 0 Å². The van der Waals surface area contributed by atoms with Crippen LogP contribution in [0.2, 0.25) is 0 Å². The van der Waals surface area contributed by atoms with Crippen molar-refractivity contribution >= 4 is 22.8 Å². The quantitative estimate of drug-likeness (QED) is 0.766. The summed E-state index contributed by atoms with van der Waals surface area (Å²) in [5.74, 6) is 0.172. The van der Waals surface area contributed by atoms with Gasteiger partial charge in [-0.1, -0.05) is 6.07 Å². The molecular weight excluding hydrogens is 198 g/mol. The zero-order valence-corrected chi connectivity index (χ0v) is 7.99. The van der Waals surface area contributed by atoms with Gasteiger partial charge in [-0.25, -0.2) is 4.98 Å². The highest BCUT2D eigenvalue weighted by Gasteiger charge is 2.04. The predicted octanol–water partition coefficient (Wildman–Crippen LogP) is 2.79. The van der Waals surface area contributed by atoms with Crippen LogP contribution < -0.4 is 5.73 Å². The van der Waals surface area contributed by atoms with Gasteiger partial charge in [0.05, 0.1) is 10.6 Å². The molecule has 5 heteroatoms. The molecule has 2 N–H and O–H groups in total. The van der Waals surface area contributed by atoms with Crippen molar-refractivity contribution in [1.29, 1.82) is 0 Å². The maximum atomic E-state index is 10.3. The number of hydrogen-bond donors (Lipinski definition) is 1. The fourth-order valence-electron chi connectivity index (χ4n) is 1.11. The van der Waals surface area contributed by atoms with Crippen molar-refractivity contribution in [1.82, 2.24) is 4.98 Å². The van der Waals surface area contributed by atoms with Crippen LogP contribution in [0.3, 0.4) is 0 Å². The first kappa shape index (κ1) is 8.83. The average molecular weight is 205 g/mol. The zero-order valence-electron chi connectivity index (χ0n) is 7.18. The molecule has 14 heavy (non-hydrogen) atoms. The second kappa shape index (κ2) is 3.55. The maximum Gasteiger partial charge on any atom is 0.153 e. The van der Waals surface area contributed by atoms with Crippen molar-refractivity contribution < 1.29 is 0 Å². The number of hydrogen-bond acceptors (Lipinski definition) is 5. The van der Waals surface area contributed by atoms with Crippen LogP contribution in [0.5, 0.6) is 0 Å². The topological polar surface area (TPSA) is 68.3 Å². The van der Waals surface area contributed by atoms with Gasteiger partial charge in [0.15, 0.2) is 5.82 Å². The largest absolute Gasteiger partial charge is 0.382 e. The third-order valence-electron chi connectivity index (χ3n) is 1.77. The molecule has 0 fully saturated rings. The normalized spacial score (nSPS) is 10.0. The summed E-state index contributed by atoms with van der Waals surface area (Å²) in [4.78, 5) is 15.4. The average Bonchev–Trinajstić information content (AvgIpc) is 2.70. The Morgan fingerprint density at radius 1 is 1.36 bits per heavy atom. The van der Waals surface area contributed by atoms with Crippen LogP contribution in [-0.2, 0) is 0 Å². The fourth-order valence-corrected chi connectivity index (χ4v) is 1.80. The number of aromatic nitrogens is 1. The number of nitrogens with zero attached hydrogens (tertiary/aromatic N) is 2. The second-order valence-corrected chi connectivity index (χ2v) is 3.62. The number of nitroso groups, excluding NO2 is 1. The van der Waals surface area contributed by atoms with Crippen molar-refractivity contribution in [3.63, 3.8) is 0 Å². The van der Waals surface area contributed by atoms with Crippen molar-refractivity contribution in [3.05, 3.63) is 34.6 Å². The molecule has 0 aliphatic heterocycles. The van der Waals surface area contributed by atoms with Gasteiger partial charge in [0.2, 0.25) is 0 Å². The third kappa shape index (κ3) is 1.49. The monoisotopic (exact) mass is 205 g/mol. The Morgan fingerprint density at radius 3 is 2.79 bits per heavy atom. The van der Waals surface area contributed by atoms with Crippen LogP contribution in [0, 0.1) is 4.91 Å². The Labute approximate surface area is 84.4 Å². The Hall–Kier alpha value is -1.75. The first-order valence-electron chi connectivity index (χ1n) is 3.95. The lowest BCUT2D eigenvalue weighted by atomic mass is 10.3. The summed E-state index contributed by atoms with van der Waals surface area (Å²) in [6.45, 7) is 0. The van der Waals surface area contributed by atoms with Gasteiger partial charge in [0.1, 0.15) is 5.69 Å². The molecule has 0 amide bonds. The highest BCUT2D eigenvalue weighted by Crippen LogP contribution is 2.27. The highest BCUT2D eigenvalue weighted by molar-refractivity contribution is 7.13. The molecule has 70 valence electrons. The minimum Gasteiger partial charge on any atom is -0.382 e. The van der Waals surface area contributed by atoms with E-state index in [4.69, 9.17) is 5.73 Å². The van der Waals surface area contributed by atoms with Gasteiger partial charge in [-0.2, -0.15) is 0 Å². The van der Waals surface area contributed by atoms with E-state index in [1.165, 1.54) is 0 Å². The van der Waals surface area contributed by atoms with Crippen LogP contribution in [0.1, 0.15) is 0 Å². The maximum absolute atomic E-state index is 10.3. The zero-order chi connectivity index (χ0) is 9.97. The number of nitrogen functional groups attached to an aromatic ring is 1. The molecule has 0 aliphatic carbocycles. The summed E-state index contributed by atoms with van der Waals surface area (Å²) in [6.07, 6.45) is 0. The molecule has 0 radical (unpaired) electrons. The molecular formula is C9H7N3OS. The summed E-state index contributed by atoms with van der Waals surface area (Å²) in [5, 5.41) is 4.72. The van der Waals surface area contributed by atoms with Gasteiger partial charge in [-0.3, -0.25) is 0 Å². The minimum absolute atomic E-state index is 0.172. The summed E-state index contributed by atoms with van der Waals surface area (Å²) in [7, 11) is 0. The minimum atomic E-state index is 0.172. The van der Waals surface area contributed by atoms with E-state index in [2.05, 4.69) is 10.2 Å². The van der Waals surface area contributed by atoms with Gasteiger partial charge < -0.3 is 5.73 Å². The van der Waals surface area contributed by atoms with Crippen molar-refractivity contribution in [2.24, 2.45) is 5.18 Å². The van der Waals surface area contributed by atoms with Crippen molar-refractivity contribution in [2.75, 3.05) is 5.73 Å². The molecule has 0 saturated carbocycles. The van der Waals surface area contributed by atoms with Crippen LogP contribution in [0.15, 0.2) is 34.8 Å². The van der Waals surface area contributed by atoms with Crippen LogP contribution >= 0.6 is 11.3 Å². The van der Waals surface area contributed by atoms with Crippen LogP contribution in [0.25, 0.3) is 10.6 Å². The van der Waals surface area contributed by atoms with E-state index >= 15 is 0 Å². The summed E-state index contributed by atoms with van der Waals surface area (Å²) < 4.78 is 0. The second-order valence-electron chi connectivity index (χ2n) is 2.67. The van der Waals surface area contributed by atoms with E-state index in [0.717, 1.165) is 10.6 Å².